The van der Waals surface area contributed by atoms with E-state index in [1.54, 1.807) is 7.05 Å². The molecule has 0 aliphatic rings. The second kappa shape index (κ2) is 6.36. The molecule has 1 N–H and O–H groups in total. The van der Waals surface area contributed by atoms with Crippen LogP contribution < -0.4 is 4.31 Å². The summed E-state index contributed by atoms with van der Waals surface area (Å²) in [5.74, 6) is 0. The molecule has 6 heteroatoms. The highest BCUT2D eigenvalue weighted by Gasteiger charge is 2.24. The predicted molar refractivity (Wildman–Crippen MR) is 77.6 cm³/mol. The Morgan fingerprint density at radius 3 is 2.37 bits per heavy atom. The van der Waals surface area contributed by atoms with Gasteiger partial charge in [0.1, 0.15) is 0 Å². The van der Waals surface area contributed by atoms with Crippen molar-refractivity contribution in [2.45, 2.75) is 20.3 Å². The lowest BCUT2D eigenvalue weighted by Gasteiger charge is -2.27. The number of hydrogen-bond donors (Lipinski definition) is 1. The lowest BCUT2D eigenvalue weighted by molar-refractivity contribution is 0.275. The topological polar surface area (TPSA) is 60.9 Å². The van der Waals surface area contributed by atoms with Gasteiger partial charge in [0.2, 0.25) is 0 Å². The van der Waals surface area contributed by atoms with Crippen LogP contribution in [0, 0.1) is 13.8 Å². The Bertz CT molecular complexity index is 529. The average molecular weight is 286 g/mol. The molecule has 108 valence electrons. The molecule has 0 atom stereocenters. The van der Waals surface area contributed by atoms with E-state index in [1.165, 1.54) is 15.7 Å². The lowest BCUT2D eigenvalue weighted by atomic mass is 10.1. The van der Waals surface area contributed by atoms with Crippen LogP contribution in [0.5, 0.6) is 0 Å². The molecule has 19 heavy (non-hydrogen) atoms. The molecule has 0 bridgehead atoms. The fourth-order valence-electron chi connectivity index (χ4n) is 1.90. The van der Waals surface area contributed by atoms with Gasteiger partial charge in [-0.15, -0.1) is 0 Å². The molecule has 0 fully saturated rings. The normalized spacial score (nSPS) is 11.9. The van der Waals surface area contributed by atoms with Crippen LogP contribution in [0.3, 0.4) is 0 Å². The molecule has 0 saturated carbocycles. The molecule has 0 spiro atoms. The Hall–Kier alpha value is -1.11. The van der Waals surface area contributed by atoms with Crippen LogP contribution in [0.4, 0.5) is 5.69 Å². The van der Waals surface area contributed by atoms with E-state index in [1.807, 2.05) is 32.0 Å². The molecular weight excluding hydrogens is 264 g/mol. The molecule has 0 heterocycles. The molecule has 0 aliphatic carbocycles. The van der Waals surface area contributed by atoms with Crippen molar-refractivity contribution in [3.63, 3.8) is 0 Å². The van der Waals surface area contributed by atoms with Crippen molar-refractivity contribution in [2.75, 3.05) is 31.6 Å². The van der Waals surface area contributed by atoms with Gasteiger partial charge >= 0.3 is 10.2 Å². The predicted octanol–water partition coefficient (Wildman–Crippen LogP) is 1.30. The third-order valence-corrected chi connectivity index (χ3v) is 4.92. The summed E-state index contributed by atoms with van der Waals surface area (Å²) < 4.78 is 27.2. The molecule has 0 unspecified atom stereocenters. The highest BCUT2D eigenvalue weighted by molar-refractivity contribution is 7.90. The van der Waals surface area contributed by atoms with Crippen molar-refractivity contribution in [1.82, 2.24) is 4.31 Å². The van der Waals surface area contributed by atoms with Gasteiger partial charge in [-0.3, -0.25) is 4.31 Å². The first-order valence-corrected chi connectivity index (χ1v) is 7.58. The number of rotatable bonds is 6. The van der Waals surface area contributed by atoms with Gasteiger partial charge in [-0.25, -0.2) is 0 Å². The van der Waals surface area contributed by atoms with Gasteiger partial charge in [-0.2, -0.15) is 12.7 Å². The summed E-state index contributed by atoms with van der Waals surface area (Å²) >= 11 is 0. The molecule has 1 aromatic carbocycles. The Morgan fingerprint density at radius 2 is 1.84 bits per heavy atom. The van der Waals surface area contributed by atoms with Gasteiger partial charge in [0.05, 0.1) is 5.69 Å². The molecule has 0 radical (unpaired) electrons. The molecular formula is C13H22N2O3S. The van der Waals surface area contributed by atoms with Crippen molar-refractivity contribution in [3.05, 3.63) is 29.3 Å². The van der Waals surface area contributed by atoms with Crippen LogP contribution >= 0.6 is 0 Å². The van der Waals surface area contributed by atoms with Crippen molar-refractivity contribution in [1.29, 1.82) is 0 Å². The first-order valence-electron chi connectivity index (χ1n) is 6.19. The third kappa shape index (κ3) is 3.68. The van der Waals surface area contributed by atoms with Crippen molar-refractivity contribution in [2.24, 2.45) is 0 Å². The van der Waals surface area contributed by atoms with Crippen molar-refractivity contribution >= 4 is 15.9 Å². The number of hydrogen-bond acceptors (Lipinski definition) is 3. The maximum atomic E-state index is 12.3. The lowest BCUT2D eigenvalue weighted by Crippen LogP contribution is -2.40. The van der Waals surface area contributed by atoms with E-state index in [4.69, 9.17) is 5.11 Å². The third-order valence-electron chi connectivity index (χ3n) is 3.06. The van der Waals surface area contributed by atoms with Gasteiger partial charge in [0, 0.05) is 27.2 Å². The number of aryl methyl sites for hydroxylation is 2. The first kappa shape index (κ1) is 15.9. The largest absolute Gasteiger partial charge is 0.396 e. The van der Waals surface area contributed by atoms with Gasteiger partial charge in [0.15, 0.2) is 0 Å². The fourth-order valence-corrected chi connectivity index (χ4v) is 3.13. The standard InChI is InChI=1S/C13H22N2O3S/c1-11-6-7-13(12(2)10-11)15(4)19(17,18)14(3)8-5-9-16/h6-7,10,16H,5,8-9H2,1-4H3. The van der Waals surface area contributed by atoms with Gasteiger partial charge in [-0.05, 0) is 31.9 Å². The smallest absolute Gasteiger partial charge is 0.303 e. The minimum absolute atomic E-state index is 0.0207. The quantitative estimate of drug-likeness (QED) is 0.857. The number of aliphatic hydroxyl groups excluding tert-OH is 1. The minimum atomic E-state index is -3.54. The second-order valence-electron chi connectivity index (χ2n) is 4.66. The van der Waals surface area contributed by atoms with E-state index < -0.39 is 10.2 Å². The Labute approximate surface area is 115 Å². The van der Waals surface area contributed by atoms with E-state index in [2.05, 4.69) is 0 Å². The van der Waals surface area contributed by atoms with Crippen LogP contribution in [0.15, 0.2) is 18.2 Å². The van der Waals surface area contributed by atoms with Crippen LogP contribution in [-0.4, -0.2) is 45.1 Å². The van der Waals surface area contributed by atoms with Gasteiger partial charge in [-0.1, -0.05) is 17.7 Å². The van der Waals surface area contributed by atoms with Crippen LogP contribution in [0.1, 0.15) is 17.5 Å². The Kier molecular flexibility index (Phi) is 5.34. The van der Waals surface area contributed by atoms with E-state index in [-0.39, 0.29) is 6.61 Å². The summed E-state index contributed by atoms with van der Waals surface area (Å²) in [7, 11) is -0.481. The van der Waals surface area contributed by atoms with E-state index in [9.17, 15) is 8.42 Å². The molecule has 0 amide bonds. The summed E-state index contributed by atoms with van der Waals surface area (Å²) in [4.78, 5) is 0. The molecule has 0 saturated heterocycles. The minimum Gasteiger partial charge on any atom is -0.396 e. The molecule has 5 nitrogen and oxygen atoms in total. The summed E-state index contributed by atoms with van der Waals surface area (Å²) in [6.07, 6.45) is 0.427. The average Bonchev–Trinajstić information content (AvgIpc) is 2.35. The number of aliphatic hydroxyl groups is 1. The molecule has 1 rings (SSSR count). The summed E-state index contributed by atoms with van der Waals surface area (Å²) in [5, 5.41) is 8.78. The summed E-state index contributed by atoms with van der Waals surface area (Å²) in [6, 6.07) is 5.65. The molecule has 0 aromatic heterocycles. The number of benzene rings is 1. The SMILES string of the molecule is Cc1ccc(N(C)S(=O)(=O)N(C)CCCO)c(C)c1. The van der Waals surface area contributed by atoms with Crippen LogP contribution in [-0.2, 0) is 10.2 Å². The van der Waals surface area contributed by atoms with Crippen LogP contribution in [0.25, 0.3) is 0 Å². The Balaban J connectivity index is 3.00. The van der Waals surface area contributed by atoms with E-state index in [0.717, 1.165) is 11.1 Å². The zero-order chi connectivity index (χ0) is 14.6. The summed E-state index contributed by atoms with van der Waals surface area (Å²) in [5.41, 5.74) is 2.68. The van der Waals surface area contributed by atoms with E-state index >= 15 is 0 Å². The zero-order valence-corrected chi connectivity index (χ0v) is 12.7. The first-order chi connectivity index (χ1) is 8.80. The Morgan fingerprint density at radius 1 is 1.21 bits per heavy atom. The van der Waals surface area contributed by atoms with Crippen LogP contribution in [0.2, 0.25) is 0 Å². The van der Waals surface area contributed by atoms with Crippen molar-refractivity contribution < 1.29 is 13.5 Å². The second-order valence-corrected chi connectivity index (χ2v) is 6.73. The maximum Gasteiger partial charge on any atom is 0.303 e. The monoisotopic (exact) mass is 286 g/mol. The van der Waals surface area contributed by atoms with E-state index in [0.29, 0.717) is 18.7 Å². The van der Waals surface area contributed by atoms with Gasteiger partial charge < -0.3 is 5.11 Å². The zero-order valence-electron chi connectivity index (χ0n) is 11.9. The number of anilines is 1. The van der Waals surface area contributed by atoms with Gasteiger partial charge in [0.25, 0.3) is 0 Å². The molecule has 1 aromatic rings. The van der Waals surface area contributed by atoms with Crippen molar-refractivity contribution in [3.8, 4) is 0 Å². The fraction of sp³-hybridized carbons (Fsp3) is 0.538. The summed E-state index contributed by atoms with van der Waals surface area (Å²) in [6.45, 7) is 4.14. The highest BCUT2D eigenvalue weighted by atomic mass is 32.2. The number of nitrogens with zero attached hydrogens (tertiary/aromatic N) is 2. The molecule has 0 aliphatic heterocycles. The maximum absolute atomic E-state index is 12.3. The highest BCUT2D eigenvalue weighted by Crippen LogP contribution is 2.23.